The largest absolute Gasteiger partial charge is 0.492 e. The Morgan fingerprint density at radius 2 is 2.20 bits per heavy atom. The van der Waals surface area contributed by atoms with Crippen molar-refractivity contribution in [1.29, 1.82) is 0 Å². The molecule has 1 aromatic carbocycles. The summed E-state index contributed by atoms with van der Waals surface area (Å²) in [7, 11) is 3.40. The van der Waals surface area contributed by atoms with Crippen LogP contribution < -0.4 is 14.2 Å². The van der Waals surface area contributed by atoms with Crippen molar-refractivity contribution in [2.75, 3.05) is 27.6 Å². The molecule has 0 amide bonds. The highest BCUT2D eigenvalue weighted by Gasteiger charge is 2.74. The first-order chi connectivity index (χ1) is 12.2. The zero-order chi connectivity index (χ0) is 16.9. The van der Waals surface area contributed by atoms with E-state index in [4.69, 9.17) is 23.7 Å². The smallest absolute Gasteiger partial charge is 0.231 e. The van der Waals surface area contributed by atoms with Crippen molar-refractivity contribution in [2.24, 2.45) is 0 Å². The molecule has 1 unspecified atom stereocenters. The molecule has 7 nitrogen and oxygen atoms in total. The van der Waals surface area contributed by atoms with Crippen molar-refractivity contribution in [1.82, 2.24) is 4.90 Å². The van der Waals surface area contributed by atoms with Gasteiger partial charge in [0.25, 0.3) is 0 Å². The van der Waals surface area contributed by atoms with Gasteiger partial charge < -0.3 is 28.8 Å². The lowest BCUT2D eigenvalue weighted by atomic mass is 9.61. The summed E-state index contributed by atoms with van der Waals surface area (Å²) in [6, 6.07) is 2.25. The Balaban J connectivity index is 1.60. The van der Waals surface area contributed by atoms with Crippen molar-refractivity contribution in [3.05, 3.63) is 17.2 Å². The number of aliphatic hydroxyl groups excluding tert-OH is 1. The lowest BCUT2D eigenvalue weighted by molar-refractivity contribution is 0.0134. The van der Waals surface area contributed by atoms with E-state index >= 15 is 0 Å². The van der Waals surface area contributed by atoms with Crippen LogP contribution in [0.1, 0.15) is 17.5 Å². The molecule has 0 spiro atoms. The van der Waals surface area contributed by atoms with E-state index in [1.54, 1.807) is 14.2 Å². The molecule has 5 aliphatic rings. The second-order valence-electron chi connectivity index (χ2n) is 7.59. The Morgan fingerprint density at radius 1 is 1.32 bits per heavy atom. The fourth-order valence-electron chi connectivity index (χ4n) is 5.82. The predicted octanol–water partition coefficient (Wildman–Crippen LogP) is 0.406. The average Bonchev–Trinajstić information content (AvgIpc) is 3.24. The van der Waals surface area contributed by atoms with E-state index in [0.717, 1.165) is 29.8 Å². The van der Waals surface area contributed by atoms with Crippen LogP contribution in [0.25, 0.3) is 0 Å². The molecule has 7 atom stereocenters. The van der Waals surface area contributed by atoms with Crippen LogP contribution in [-0.2, 0) is 21.4 Å². The monoisotopic (exact) mass is 347 g/mol. The van der Waals surface area contributed by atoms with Gasteiger partial charge in [-0.15, -0.1) is 0 Å². The lowest BCUT2D eigenvalue weighted by Crippen LogP contribution is -2.59. The predicted molar refractivity (Wildman–Crippen MR) is 85.1 cm³/mol. The highest BCUT2D eigenvalue weighted by molar-refractivity contribution is 5.64. The normalized spacial score (nSPS) is 44.8. The number of nitrogens with zero attached hydrogens (tertiary/aromatic N) is 1. The van der Waals surface area contributed by atoms with E-state index in [9.17, 15) is 5.11 Å². The van der Waals surface area contributed by atoms with Gasteiger partial charge in [0.1, 0.15) is 12.2 Å². The van der Waals surface area contributed by atoms with E-state index in [2.05, 4.69) is 4.90 Å². The van der Waals surface area contributed by atoms with Crippen LogP contribution in [0.2, 0.25) is 0 Å². The van der Waals surface area contributed by atoms with Gasteiger partial charge in [0.2, 0.25) is 12.5 Å². The fraction of sp³-hybridized carbons (Fsp3) is 0.667. The average molecular weight is 347 g/mol. The number of aliphatic hydroxyl groups is 1. The highest BCUT2D eigenvalue weighted by atomic mass is 16.7. The Labute approximate surface area is 145 Å². The van der Waals surface area contributed by atoms with Crippen molar-refractivity contribution in [2.45, 2.75) is 48.8 Å². The molecule has 4 heterocycles. The maximum Gasteiger partial charge on any atom is 0.231 e. The van der Waals surface area contributed by atoms with Crippen molar-refractivity contribution >= 4 is 0 Å². The van der Waals surface area contributed by atoms with Gasteiger partial charge >= 0.3 is 0 Å². The van der Waals surface area contributed by atoms with E-state index in [1.165, 1.54) is 0 Å². The van der Waals surface area contributed by atoms with E-state index in [0.29, 0.717) is 18.0 Å². The first-order valence-corrected chi connectivity index (χ1v) is 8.80. The molecule has 3 fully saturated rings. The van der Waals surface area contributed by atoms with Gasteiger partial charge in [-0.25, -0.2) is 0 Å². The summed E-state index contributed by atoms with van der Waals surface area (Å²) in [6.07, 6.45) is 0.508. The minimum absolute atomic E-state index is 0.0275. The zero-order valence-electron chi connectivity index (χ0n) is 14.2. The number of rotatable bonds is 2. The standard InChI is InChI=1S/C18H21NO6/c1-21-10-4-12-18(17-16(10)25-17)9-3-11-15(24-7-23-11)14(22-2)8(9)5-19(12)6-13(18)20/h3,10,12-13,16-17,20H,4-7H2,1-2H3/t10-,12-,13-,16+,17+,18-/m1/s1. The Bertz CT molecular complexity index is 768. The van der Waals surface area contributed by atoms with Crippen molar-refractivity contribution in [3.63, 3.8) is 0 Å². The van der Waals surface area contributed by atoms with Crippen LogP contribution in [0.3, 0.4) is 0 Å². The maximum atomic E-state index is 11.1. The van der Waals surface area contributed by atoms with Crippen LogP contribution in [-0.4, -0.2) is 68.0 Å². The number of benzene rings is 1. The Hall–Kier alpha value is -1.54. The third-order valence-corrected chi connectivity index (χ3v) is 6.83. The van der Waals surface area contributed by atoms with Crippen LogP contribution in [0.4, 0.5) is 0 Å². The van der Waals surface area contributed by atoms with E-state index in [-0.39, 0.29) is 31.1 Å². The summed E-state index contributed by atoms with van der Waals surface area (Å²) in [5.74, 6) is 2.10. The molecular formula is C18H21NO6. The first kappa shape index (κ1) is 14.6. The third kappa shape index (κ3) is 1.53. The van der Waals surface area contributed by atoms with Crippen LogP contribution in [0, 0.1) is 0 Å². The van der Waals surface area contributed by atoms with Crippen molar-refractivity contribution < 1.29 is 28.8 Å². The number of ether oxygens (including phenoxy) is 5. The number of fused-ring (bicyclic) bond motifs is 3. The second kappa shape index (κ2) is 4.59. The van der Waals surface area contributed by atoms with Gasteiger partial charge in [0, 0.05) is 31.8 Å². The summed E-state index contributed by atoms with van der Waals surface area (Å²) in [4.78, 5) is 2.35. The molecule has 2 saturated heterocycles. The molecule has 1 N–H and O–H groups in total. The number of hydrogen-bond donors (Lipinski definition) is 1. The SMILES string of the molecule is COc1c2c(cc3c1OCO3)[C@]13[C@H](O)CN(C2)[C@@H]1C[C@@H](OC)[C@@H]1O[C@@H]13. The van der Waals surface area contributed by atoms with Gasteiger partial charge in [-0.3, -0.25) is 4.90 Å². The quantitative estimate of drug-likeness (QED) is 0.777. The molecule has 2 bridgehead atoms. The van der Waals surface area contributed by atoms with Gasteiger partial charge in [0.05, 0.1) is 24.7 Å². The minimum Gasteiger partial charge on any atom is -0.492 e. The fourth-order valence-corrected chi connectivity index (χ4v) is 5.82. The molecule has 134 valence electrons. The number of hydrogen-bond acceptors (Lipinski definition) is 7. The molecule has 7 heteroatoms. The molecule has 1 aromatic rings. The Kier molecular flexibility index (Phi) is 2.68. The first-order valence-electron chi connectivity index (χ1n) is 8.80. The second-order valence-corrected chi connectivity index (χ2v) is 7.59. The minimum atomic E-state index is -0.475. The molecule has 25 heavy (non-hydrogen) atoms. The summed E-state index contributed by atoms with van der Waals surface area (Å²) >= 11 is 0. The molecule has 1 saturated carbocycles. The highest BCUT2D eigenvalue weighted by Crippen LogP contribution is 2.63. The summed E-state index contributed by atoms with van der Waals surface area (Å²) in [5, 5.41) is 11.1. The van der Waals surface area contributed by atoms with Crippen LogP contribution in [0.15, 0.2) is 6.07 Å². The van der Waals surface area contributed by atoms with Gasteiger partial charge in [-0.05, 0) is 18.1 Å². The van der Waals surface area contributed by atoms with Gasteiger partial charge in [0.15, 0.2) is 11.5 Å². The van der Waals surface area contributed by atoms with Crippen molar-refractivity contribution in [3.8, 4) is 17.2 Å². The third-order valence-electron chi connectivity index (χ3n) is 6.83. The summed E-state index contributed by atoms with van der Waals surface area (Å²) < 4.78 is 28.7. The maximum absolute atomic E-state index is 11.1. The number of methoxy groups -OCH3 is 2. The molecule has 0 aromatic heterocycles. The van der Waals surface area contributed by atoms with Crippen LogP contribution in [0.5, 0.6) is 17.2 Å². The topological polar surface area (TPSA) is 72.9 Å². The summed E-state index contributed by atoms with van der Waals surface area (Å²) in [6.45, 7) is 1.57. The molecule has 6 rings (SSSR count). The lowest BCUT2D eigenvalue weighted by Gasteiger charge is -2.47. The van der Waals surface area contributed by atoms with E-state index < -0.39 is 11.5 Å². The van der Waals surface area contributed by atoms with Gasteiger partial charge in [-0.2, -0.15) is 0 Å². The van der Waals surface area contributed by atoms with Crippen LogP contribution >= 0.6 is 0 Å². The number of epoxide rings is 1. The Morgan fingerprint density at radius 3 is 3.00 bits per heavy atom. The molecule has 4 aliphatic heterocycles. The summed E-state index contributed by atoms with van der Waals surface area (Å²) in [5.41, 5.74) is 1.74. The molecule has 0 radical (unpaired) electrons. The molecule has 1 aliphatic carbocycles. The van der Waals surface area contributed by atoms with E-state index in [1.807, 2.05) is 6.07 Å². The van der Waals surface area contributed by atoms with Gasteiger partial charge in [-0.1, -0.05) is 0 Å². The molecular weight excluding hydrogens is 326 g/mol. The zero-order valence-corrected chi connectivity index (χ0v) is 14.2.